The lowest BCUT2D eigenvalue weighted by Crippen LogP contribution is -2.47. The van der Waals surface area contributed by atoms with E-state index in [1.54, 1.807) is 0 Å². The molecule has 2 heterocycles. The number of carbonyl (C=O) groups excluding carboxylic acids is 2. The van der Waals surface area contributed by atoms with E-state index in [1.165, 1.54) is 0 Å². The molecule has 1 aromatic carbocycles. The first-order valence-electron chi connectivity index (χ1n) is 8.90. The molecule has 6 heteroatoms. The van der Waals surface area contributed by atoms with Gasteiger partial charge in [-0.05, 0) is 30.7 Å². The van der Waals surface area contributed by atoms with Crippen molar-refractivity contribution in [3.8, 4) is 0 Å². The maximum absolute atomic E-state index is 12.9. The third kappa shape index (κ3) is 3.67. The summed E-state index contributed by atoms with van der Waals surface area (Å²) in [5, 5.41) is 7.59. The van der Waals surface area contributed by atoms with E-state index in [0.29, 0.717) is 11.3 Å². The average molecular weight is 343 g/mol. The summed E-state index contributed by atoms with van der Waals surface area (Å²) < 4.78 is 5.60. The SMILES string of the molecule is CC(C)[C@@H](OC(=O)c1n[nH]c2ccccc12)C(=O)N1CCC[C@H](C)C1. The van der Waals surface area contributed by atoms with Crippen molar-refractivity contribution in [2.45, 2.75) is 39.7 Å². The van der Waals surface area contributed by atoms with Crippen molar-refractivity contribution in [3.63, 3.8) is 0 Å². The van der Waals surface area contributed by atoms with Crippen LogP contribution in [-0.2, 0) is 9.53 Å². The van der Waals surface area contributed by atoms with Crippen molar-refractivity contribution in [3.05, 3.63) is 30.0 Å². The van der Waals surface area contributed by atoms with E-state index in [4.69, 9.17) is 4.74 Å². The molecule has 1 N–H and O–H groups in total. The van der Waals surface area contributed by atoms with Crippen molar-refractivity contribution < 1.29 is 14.3 Å². The molecule has 1 saturated heterocycles. The number of fused-ring (bicyclic) bond motifs is 1. The molecule has 1 aromatic heterocycles. The van der Waals surface area contributed by atoms with Crippen LogP contribution in [0, 0.1) is 11.8 Å². The second-order valence-electron chi connectivity index (χ2n) is 7.22. The van der Waals surface area contributed by atoms with Crippen LogP contribution in [0.3, 0.4) is 0 Å². The van der Waals surface area contributed by atoms with Crippen molar-refractivity contribution in [2.24, 2.45) is 11.8 Å². The van der Waals surface area contributed by atoms with Gasteiger partial charge in [0.1, 0.15) is 0 Å². The summed E-state index contributed by atoms with van der Waals surface area (Å²) in [5.41, 5.74) is 0.993. The summed E-state index contributed by atoms with van der Waals surface area (Å²) in [6.07, 6.45) is 1.35. The number of nitrogens with zero attached hydrogens (tertiary/aromatic N) is 2. The fourth-order valence-electron chi connectivity index (χ4n) is 3.33. The maximum Gasteiger partial charge on any atom is 0.360 e. The van der Waals surface area contributed by atoms with Gasteiger partial charge in [-0.2, -0.15) is 5.10 Å². The Hall–Kier alpha value is -2.37. The largest absolute Gasteiger partial charge is 0.447 e. The predicted octanol–water partition coefficient (Wildman–Crippen LogP) is 3.00. The van der Waals surface area contributed by atoms with Crippen LogP contribution < -0.4 is 0 Å². The molecule has 2 atom stereocenters. The first-order valence-corrected chi connectivity index (χ1v) is 8.90. The number of aromatic nitrogens is 2. The summed E-state index contributed by atoms with van der Waals surface area (Å²) >= 11 is 0. The molecule has 0 unspecified atom stereocenters. The standard InChI is InChI=1S/C19H25N3O3/c1-12(2)17(18(23)22-10-6-7-13(3)11-22)25-19(24)16-14-8-4-5-9-15(14)20-21-16/h4-5,8-9,12-13,17H,6-7,10-11H2,1-3H3,(H,20,21)/t13-,17+/m0/s1. The molecule has 0 radical (unpaired) electrons. The number of nitrogens with one attached hydrogen (secondary N) is 1. The minimum absolute atomic E-state index is 0.0983. The zero-order valence-electron chi connectivity index (χ0n) is 15.0. The predicted molar refractivity (Wildman–Crippen MR) is 95.1 cm³/mol. The first kappa shape index (κ1) is 17.5. The van der Waals surface area contributed by atoms with Crippen molar-refractivity contribution in [1.82, 2.24) is 15.1 Å². The Morgan fingerprint density at radius 2 is 2.08 bits per heavy atom. The van der Waals surface area contributed by atoms with Crippen LogP contribution in [0.4, 0.5) is 0 Å². The zero-order valence-corrected chi connectivity index (χ0v) is 15.0. The summed E-state index contributed by atoms with van der Waals surface area (Å²) in [6, 6.07) is 7.37. The monoisotopic (exact) mass is 343 g/mol. The molecule has 25 heavy (non-hydrogen) atoms. The number of carbonyl (C=O) groups is 2. The van der Waals surface area contributed by atoms with Gasteiger partial charge in [0.05, 0.1) is 5.52 Å². The number of rotatable bonds is 4. The Balaban J connectivity index is 1.77. The fraction of sp³-hybridized carbons (Fsp3) is 0.526. The van der Waals surface area contributed by atoms with Crippen LogP contribution in [0.1, 0.15) is 44.1 Å². The number of ether oxygens (including phenoxy) is 1. The van der Waals surface area contributed by atoms with Gasteiger partial charge in [0.25, 0.3) is 5.91 Å². The molecule has 2 aromatic rings. The third-order valence-electron chi connectivity index (χ3n) is 4.72. The van der Waals surface area contributed by atoms with Crippen LogP contribution in [0.5, 0.6) is 0 Å². The molecule has 0 saturated carbocycles. The normalized spacial score (nSPS) is 19.2. The van der Waals surface area contributed by atoms with Crippen LogP contribution in [0.2, 0.25) is 0 Å². The Bertz CT molecular complexity index is 768. The summed E-state index contributed by atoms with van der Waals surface area (Å²) in [6.45, 7) is 7.39. The number of hydrogen-bond donors (Lipinski definition) is 1. The molecule has 3 rings (SSSR count). The topological polar surface area (TPSA) is 75.3 Å². The van der Waals surface area contributed by atoms with Gasteiger partial charge in [-0.15, -0.1) is 0 Å². The van der Waals surface area contributed by atoms with Gasteiger partial charge in [0.15, 0.2) is 11.8 Å². The minimum Gasteiger partial charge on any atom is -0.447 e. The Morgan fingerprint density at radius 3 is 2.80 bits per heavy atom. The average Bonchev–Trinajstić information content (AvgIpc) is 3.03. The summed E-state index contributed by atoms with van der Waals surface area (Å²) in [5.74, 6) is -0.278. The van der Waals surface area contributed by atoms with Crippen LogP contribution in [0.25, 0.3) is 10.9 Å². The zero-order chi connectivity index (χ0) is 18.0. The smallest absolute Gasteiger partial charge is 0.360 e. The van der Waals surface area contributed by atoms with E-state index >= 15 is 0 Å². The van der Waals surface area contributed by atoms with Gasteiger partial charge in [0.2, 0.25) is 0 Å². The molecule has 0 bridgehead atoms. The number of hydrogen-bond acceptors (Lipinski definition) is 4. The van der Waals surface area contributed by atoms with Gasteiger partial charge >= 0.3 is 5.97 Å². The van der Waals surface area contributed by atoms with E-state index in [2.05, 4.69) is 17.1 Å². The molecule has 1 aliphatic rings. The lowest BCUT2D eigenvalue weighted by molar-refractivity contribution is -0.144. The van der Waals surface area contributed by atoms with E-state index in [0.717, 1.165) is 31.4 Å². The highest BCUT2D eigenvalue weighted by molar-refractivity contribution is 6.02. The van der Waals surface area contributed by atoms with Crippen LogP contribution >= 0.6 is 0 Å². The second-order valence-corrected chi connectivity index (χ2v) is 7.22. The molecule has 1 fully saturated rings. The number of esters is 1. The van der Waals surface area contributed by atoms with Gasteiger partial charge in [-0.3, -0.25) is 9.89 Å². The summed E-state index contributed by atoms with van der Waals surface area (Å²) in [7, 11) is 0. The molecule has 134 valence electrons. The molecule has 0 aliphatic carbocycles. The Morgan fingerprint density at radius 1 is 1.32 bits per heavy atom. The van der Waals surface area contributed by atoms with Gasteiger partial charge in [-0.1, -0.05) is 39.0 Å². The van der Waals surface area contributed by atoms with Crippen molar-refractivity contribution >= 4 is 22.8 Å². The van der Waals surface area contributed by atoms with Crippen LogP contribution in [-0.4, -0.2) is 46.2 Å². The molecule has 0 spiro atoms. The van der Waals surface area contributed by atoms with Gasteiger partial charge in [-0.25, -0.2) is 4.79 Å². The summed E-state index contributed by atoms with van der Waals surface area (Å²) in [4.78, 5) is 27.3. The van der Waals surface area contributed by atoms with E-state index in [1.807, 2.05) is 43.0 Å². The number of aromatic amines is 1. The number of amides is 1. The molecular formula is C19H25N3O3. The highest BCUT2D eigenvalue weighted by atomic mass is 16.5. The van der Waals surface area contributed by atoms with Crippen LogP contribution in [0.15, 0.2) is 24.3 Å². The highest BCUT2D eigenvalue weighted by Gasteiger charge is 2.33. The molecule has 1 amide bonds. The highest BCUT2D eigenvalue weighted by Crippen LogP contribution is 2.21. The number of likely N-dealkylation sites (tertiary alicyclic amines) is 1. The van der Waals surface area contributed by atoms with E-state index in [9.17, 15) is 9.59 Å². The second kappa shape index (κ2) is 7.25. The van der Waals surface area contributed by atoms with Gasteiger partial charge < -0.3 is 9.64 Å². The number of benzene rings is 1. The van der Waals surface area contributed by atoms with E-state index in [-0.39, 0.29) is 17.5 Å². The number of H-pyrrole nitrogens is 1. The fourth-order valence-corrected chi connectivity index (χ4v) is 3.33. The molecule has 6 nitrogen and oxygen atoms in total. The lowest BCUT2D eigenvalue weighted by Gasteiger charge is -2.34. The van der Waals surface area contributed by atoms with Crippen molar-refractivity contribution in [1.29, 1.82) is 0 Å². The number of para-hydroxylation sites is 1. The van der Waals surface area contributed by atoms with Gasteiger partial charge in [0, 0.05) is 18.5 Å². The Labute approximate surface area is 147 Å². The molecular weight excluding hydrogens is 318 g/mol. The first-order chi connectivity index (χ1) is 12.0. The minimum atomic E-state index is -0.784. The quantitative estimate of drug-likeness (QED) is 0.866. The molecule has 1 aliphatic heterocycles. The number of piperidine rings is 1. The third-order valence-corrected chi connectivity index (χ3v) is 4.72. The van der Waals surface area contributed by atoms with Crippen molar-refractivity contribution in [2.75, 3.05) is 13.1 Å². The lowest BCUT2D eigenvalue weighted by atomic mass is 9.98. The Kier molecular flexibility index (Phi) is 5.06. The van der Waals surface area contributed by atoms with E-state index < -0.39 is 12.1 Å². The maximum atomic E-state index is 12.9.